The molecule has 2 rings (SSSR count). The molecule has 0 aliphatic heterocycles. The van der Waals surface area contributed by atoms with E-state index in [1.54, 1.807) is 6.92 Å². The molecule has 1 aromatic carbocycles. The number of ether oxygens (including phenoxy) is 2. The zero-order chi connectivity index (χ0) is 15.4. The molecule has 0 aliphatic rings. The van der Waals surface area contributed by atoms with E-state index in [1.807, 2.05) is 0 Å². The summed E-state index contributed by atoms with van der Waals surface area (Å²) in [4.78, 5) is 21.5. The van der Waals surface area contributed by atoms with Gasteiger partial charge in [-0.15, -0.1) is 5.10 Å². The Kier molecular flexibility index (Phi) is 4.66. The van der Waals surface area contributed by atoms with E-state index in [0.29, 0.717) is 0 Å². The quantitative estimate of drug-likeness (QED) is 0.471. The van der Waals surface area contributed by atoms with Gasteiger partial charge in [0.15, 0.2) is 0 Å². The topological polar surface area (TPSA) is 104 Å². The predicted octanol–water partition coefficient (Wildman–Crippen LogP) is 3.07. The van der Waals surface area contributed by atoms with Crippen LogP contribution in [0.3, 0.4) is 0 Å². The molecule has 110 valence electrons. The summed E-state index contributed by atoms with van der Waals surface area (Å²) in [7, 11) is 0. The average Bonchev–Trinajstić information content (AvgIpc) is 2.87. The summed E-state index contributed by atoms with van der Waals surface area (Å²) < 4.78 is 10.1. The minimum Gasteiger partial charge on any atom is -0.461 e. The van der Waals surface area contributed by atoms with E-state index >= 15 is 0 Å². The van der Waals surface area contributed by atoms with Crippen molar-refractivity contribution in [1.29, 1.82) is 0 Å². The first-order chi connectivity index (χ1) is 10.0. The Labute approximate surface area is 127 Å². The summed E-state index contributed by atoms with van der Waals surface area (Å²) >= 11 is 6.66. The molecule has 0 fully saturated rings. The van der Waals surface area contributed by atoms with Crippen LogP contribution in [0.5, 0.6) is 10.9 Å². The zero-order valence-corrected chi connectivity index (χ0v) is 12.2. The molecule has 0 atom stereocenters. The van der Waals surface area contributed by atoms with Crippen molar-refractivity contribution in [2.45, 2.75) is 6.92 Å². The molecule has 0 saturated heterocycles. The van der Waals surface area contributed by atoms with Crippen molar-refractivity contribution in [1.82, 2.24) is 10.2 Å². The van der Waals surface area contributed by atoms with Crippen LogP contribution in [0.1, 0.15) is 16.7 Å². The fraction of sp³-hybridized carbons (Fsp3) is 0.182. The molecule has 0 bridgehead atoms. The zero-order valence-electron chi connectivity index (χ0n) is 10.6. The van der Waals surface area contributed by atoms with E-state index in [2.05, 4.69) is 10.2 Å². The lowest BCUT2D eigenvalue weighted by atomic mass is 10.3. The van der Waals surface area contributed by atoms with Gasteiger partial charge in [-0.05, 0) is 24.3 Å². The fourth-order valence-electron chi connectivity index (χ4n) is 1.33. The smallest absolute Gasteiger partial charge is 0.369 e. The van der Waals surface area contributed by atoms with Gasteiger partial charge in [-0.25, -0.2) is 4.79 Å². The van der Waals surface area contributed by atoms with Gasteiger partial charge in [0.05, 0.1) is 11.5 Å². The highest BCUT2D eigenvalue weighted by Gasteiger charge is 2.17. The van der Waals surface area contributed by atoms with Crippen molar-refractivity contribution in [3.63, 3.8) is 0 Å². The Balaban J connectivity index is 2.14. The molecule has 0 unspecified atom stereocenters. The predicted molar refractivity (Wildman–Crippen MR) is 74.0 cm³/mol. The van der Waals surface area contributed by atoms with E-state index in [9.17, 15) is 14.9 Å². The van der Waals surface area contributed by atoms with Crippen LogP contribution in [0.25, 0.3) is 0 Å². The molecule has 1 heterocycles. The molecular formula is C11H8ClN3O5S. The number of benzene rings is 1. The summed E-state index contributed by atoms with van der Waals surface area (Å²) in [6.07, 6.45) is 0. The lowest BCUT2D eigenvalue weighted by Gasteiger charge is -2.01. The number of aromatic nitrogens is 2. The maximum absolute atomic E-state index is 11.4. The number of rotatable bonds is 5. The van der Waals surface area contributed by atoms with Gasteiger partial charge in [0.25, 0.3) is 10.9 Å². The molecule has 0 spiro atoms. The highest BCUT2D eigenvalue weighted by atomic mass is 35.5. The summed E-state index contributed by atoms with van der Waals surface area (Å²) in [6.45, 7) is 1.90. The summed E-state index contributed by atoms with van der Waals surface area (Å²) in [5, 5.41) is 18.0. The van der Waals surface area contributed by atoms with E-state index in [-0.39, 0.29) is 33.3 Å². The first-order valence-corrected chi connectivity index (χ1v) is 6.83. The molecule has 1 aromatic heterocycles. The van der Waals surface area contributed by atoms with Crippen LogP contribution in [0, 0.1) is 10.1 Å². The first kappa shape index (κ1) is 15.1. The highest BCUT2D eigenvalue weighted by molar-refractivity contribution is 7.14. The van der Waals surface area contributed by atoms with Crippen LogP contribution >= 0.6 is 22.9 Å². The number of carbonyl (C=O) groups excluding carboxylic acids is 1. The van der Waals surface area contributed by atoms with Gasteiger partial charge >= 0.3 is 5.97 Å². The number of nitro groups is 1. The number of esters is 1. The van der Waals surface area contributed by atoms with Gasteiger partial charge < -0.3 is 9.47 Å². The van der Waals surface area contributed by atoms with Crippen molar-refractivity contribution < 1.29 is 19.2 Å². The standard InChI is InChI=1S/C11H8ClN3O5S/c1-2-19-10(16)9-13-14-11(21-9)20-6-3-4-8(15(17)18)7(12)5-6/h3-5H,2H2,1H3. The molecule has 0 N–H and O–H groups in total. The van der Waals surface area contributed by atoms with Gasteiger partial charge in [0.1, 0.15) is 10.8 Å². The number of nitro benzene ring substituents is 1. The minimum absolute atomic E-state index is 0.0554. The van der Waals surface area contributed by atoms with Gasteiger partial charge in [0.2, 0.25) is 5.01 Å². The maximum Gasteiger partial charge on any atom is 0.369 e. The largest absolute Gasteiger partial charge is 0.461 e. The fourth-order valence-corrected chi connectivity index (χ4v) is 2.17. The van der Waals surface area contributed by atoms with Crippen molar-refractivity contribution >= 4 is 34.6 Å². The van der Waals surface area contributed by atoms with Crippen LogP contribution in [0.2, 0.25) is 5.02 Å². The number of hydrogen-bond donors (Lipinski definition) is 0. The normalized spacial score (nSPS) is 10.2. The average molecular weight is 330 g/mol. The van der Waals surface area contributed by atoms with Crippen LogP contribution < -0.4 is 4.74 Å². The van der Waals surface area contributed by atoms with Crippen LogP contribution in [0.4, 0.5) is 5.69 Å². The molecule has 0 saturated carbocycles. The van der Waals surface area contributed by atoms with E-state index in [0.717, 1.165) is 11.3 Å². The number of carbonyl (C=O) groups is 1. The molecule has 2 aromatic rings. The molecule has 0 aliphatic carbocycles. The minimum atomic E-state index is -0.601. The number of hydrogen-bond acceptors (Lipinski definition) is 8. The van der Waals surface area contributed by atoms with Crippen molar-refractivity contribution in [3.05, 3.63) is 38.3 Å². The second kappa shape index (κ2) is 6.46. The highest BCUT2D eigenvalue weighted by Crippen LogP contribution is 2.32. The van der Waals surface area contributed by atoms with Crippen molar-refractivity contribution in [2.75, 3.05) is 6.61 Å². The summed E-state index contributed by atoms with van der Waals surface area (Å²) in [5.41, 5.74) is -0.228. The molecular weight excluding hydrogens is 322 g/mol. The van der Waals surface area contributed by atoms with E-state index < -0.39 is 10.9 Å². The van der Waals surface area contributed by atoms with Gasteiger partial charge in [0, 0.05) is 12.1 Å². The number of nitrogens with zero attached hydrogens (tertiary/aromatic N) is 3. The molecule has 8 nitrogen and oxygen atoms in total. The second-order valence-corrected chi connectivity index (χ2v) is 4.91. The lowest BCUT2D eigenvalue weighted by Crippen LogP contribution is -2.03. The Bertz CT molecular complexity index is 690. The molecule has 0 radical (unpaired) electrons. The van der Waals surface area contributed by atoms with Gasteiger partial charge in [-0.2, -0.15) is 0 Å². The van der Waals surface area contributed by atoms with Gasteiger partial charge in [-0.1, -0.05) is 16.7 Å². The lowest BCUT2D eigenvalue weighted by molar-refractivity contribution is -0.384. The SMILES string of the molecule is CCOC(=O)c1nnc(Oc2ccc([N+](=O)[O-])c(Cl)c2)s1. The summed E-state index contributed by atoms with van der Waals surface area (Å²) in [5.74, 6) is -0.344. The Morgan fingerprint density at radius 3 is 2.86 bits per heavy atom. The first-order valence-electron chi connectivity index (χ1n) is 5.63. The Hall–Kier alpha value is -2.26. The van der Waals surface area contributed by atoms with E-state index in [1.165, 1.54) is 18.2 Å². The van der Waals surface area contributed by atoms with Gasteiger partial charge in [-0.3, -0.25) is 10.1 Å². The summed E-state index contributed by atoms with van der Waals surface area (Å²) in [6, 6.07) is 3.87. The van der Waals surface area contributed by atoms with Crippen molar-refractivity contribution in [3.8, 4) is 10.9 Å². The Morgan fingerprint density at radius 2 is 2.24 bits per heavy atom. The maximum atomic E-state index is 11.4. The van der Waals surface area contributed by atoms with Crippen molar-refractivity contribution in [2.24, 2.45) is 0 Å². The van der Waals surface area contributed by atoms with Crippen LogP contribution in [0.15, 0.2) is 18.2 Å². The second-order valence-electron chi connectivity index (χ2n) is 3.57. The monoisotopic (exact) mass is 329 g/mol. The van der Waals surface area contributed by atoms with E-state index in [4.69, 9.17) is 21.1 Å². The number of halogens is 1. The molecule has 0 amide bonds. The molecule has 21 heavy (non-hydrogen) atoms. The Morgan fingerprint density at radius 1 is 1.48 bits per heavy atom. The third-order valence-corrected chi connectivity index (χ3v) is 3.26. The third-order valence-electron chi connectivity index (χ3n) is 2.18. The van der Waals surface area contributed by atoms with Crippen LogP contribution in [-0.2, 0) is 4.74 Å². The van der Waals surface area contributed by atoms with Crippen LogP contribution in [-0.4, -0.2) is 27.7 Å². The molecule has 10 heteroatoms. The third kappa shape index (κ3) is 3.64.